The Morgan fingerprint density at radius 1 is 1.41 bits per heavy atom. The molecule has 0 bridgehead atoms. The van der Waals surface area contributed by atoms with Gasteiger partial charge in [-0.3, -0.25) is 4.79 Å². The lowest BCUT2D eigenvalue weighted by atomic mass is 9.76. The van der Waals surface area contributed by atoms with Crippen molar-refractivity contribution in [3.05, 3.63) is 38.3 Å². The van der Waals surface area contributed by atoms with Crippen LogP contribution < -0.4 is 4.74 Å². The highest BCUT2D eigenvalue weighted by Crippen LogP contribution is 2.49. The fraction of sp³-hybridized carbons (Fsp3) is 0.471. The van der Waals surface area contributed by atoms with Crippen molar-refractivity contribution in [2.45, 2.75) is 39.5 Å². The Hall–Kier alpha value is -0.700. The second-order valence-electron chi connectivity index (χ2n) is 5.77. The van der Waals surface area contributed by atoms with E-state index in [1.807, 2.05) is 19.1 Å². The molecule has 1 atom stereocenters. The van der Waals surface area contributed by atoms with Gasteiger partial charge in [0.05, 0.1) is 12.1 Å². The van der Waals surface area contributed by atoms with E-state index in [9.17, 15) is 4.79 Å². The van der Waals surface area contributed by atoms with E-state index in [2.05, 4.69) is 6.92 Å². The van der Waals surface area contributed by atoms with Crippen molar-refractivity contribution in [1.29, 1.82) is 0 Å². The van der Waals surface area contributed by atoms with Crippen LogP contribution in [0, 0.1) is 5.41 Å². The van der Waals surface area contributed by atoms with Crippen LogP contribution >= 0.6 is 34.8 Å². The van der Waals surface area contributed by atoms with Crippen LogP contribution in [0.5, 0.6) is 5.75 Å². The molecule has 0 aliphatic heterocycles. The van der Waals surface area contributed by atoms with Gasteiger partial charge in [0.15, 0.2) is 5.78 Å². The Kier molecular flexibility index (Phi) is 5.47. The summed E-state index contributed by atoms with van der Waals surface area (Å²) in [5.74, 6) is 0.572. The van der Waals surface area contributed by atoms with Gasteiger partial charge in [-0.2, -0.15) is 0 Å². The molecule has 0 unspecified atom stereocenters. The average Bonchev–Trinajstić information content (AvgIpc) is 2.74. The molecular formula is C17H19Cl3O2. The third kappa shape index (κ3) is 3.02. The average molecular weight is 362 g/mol. The van der Waals surface area contributed by atoms with Crippen LogP contribution in [-0.4, -0.2) is 12.9 Å². The predicted molar refractivity (Wildman–Crippen MR) is 92.6 cm³/mol. The molecule has 1 aliphatic carbocycles. The SMILES string of the molecule is CCC[C@]1(C/C=C(\C)Cl)Cc2cc(OC)c(Cl)c(Cl)c2C1=O. The Balaban J connectivity index is 2.53. The summed E-state index contributed by atoms with van der Waals surface area (Å²) in [4.78, 5) is 13.0. The molecule has 1 aliphatic rings. The first-order valence-corrected chi connectivity index (χ1v) is 8.41. The first-order valence-electron chi connectivity index (χ1n) is 7.28. The number of hydrogen-bond acceptors (Lipinski definition) is 2. The quantitative estimate of drug-likeness (QED) is 0.637. The number of benzene rings is 1. The number of Topliss-reactive ketones (excluding diaryl/α,β-unsaturated/α-hetero) is 1. The lowest BCUT2D eigenvalue weighted by Gasteiger charge is -2.25. The van der Waals surface area contributed by atoms with Gasteiger partial charge in [-0.1, -0.05) is 54.2 Å². The summed E-state index contributed by atoms with van der Waals surface area (Å²) >= 11 is 18.5. The molecule has 0 saturated heterocycles. The highest BCUT2D eigenvalue weighted by molar-refractivity contribution is 6.45. The molecule has 2 nitrogen and oxygen atoms in total. The molecule has 0 N–H and O–H groups in total. The molecule has 0 aromatic heterocycles. The molecule has 0 saturated carbocycles. The van der Waals surface area contributed by atoms with E-state index in [1.54, 1.807) is 7.11 Å². The van der Waals surface area contributed by atoms with Crippen LogP contribution in [0.2, 0.25) is 10.0 Å². The fourth-order valence-electron chi connectivity index (χ4n) is 3.18. The number of ketones is 1. The Morgan fingerprint density at radius 3 is 2.64 bits per heavy atom. The first kappa shape index (κ1) is 17.7. The summed E-state index contributed by atoms with van der Waals surface area (Å²) < 4.78 is 5.25. The van der Waals surface area contributed by atoms with Crippen molar-refractivity contribution in [3.8, 4) is 5.75 Å². The number of methoxy groups -OCH3 is 1. The maximum Gasteiger partial charge on any atom is 0.171 e. The normalized spacial score (nSPS) is 21.2. The smallest absolute Gasteiger partial charge is 0.171 e. The minimum Gasteiger partial charge on any atom is -0.495 e. The van der Waals surface area contributed by atoms with Crippen molar-refractivity contribution in [2.75, 3.05) is 7.11 Å². The lowest BCUT2D eigenvalue weighted by molar-refractivity contribution is 0.0806. The van der Waals surface area contributed by atoms with Crippen molar-refractivity contribution in [3.63, 3.8) is 0 Å². The second-order valence-corrected chi connectivity index (χ2v) is 7.12. The summed E-state index contributed by atoms with van der Waals surface area (Å²) in [6.07, 6.45) is 4.87. The van der Waals surface area contributed by atoms with E-state index in [1.165, 1.54) is 0 Å². The van der Waals surface area contributed by atoms with Crippen LogP contribution in [0.25, 0.3) is 0 Å². The van der Waals surface area contributed by atoms with Crippen LogP contribution in [0.1, 0.15) is 49.0 Å². The van der Waals surface area contributed by atoms with Crippen molar-refractivity contribution in [1.82, 2.24) is 0 Å². The molecule has 1 aromatic rings. The van der Waals surface area contributed by atoms with Gasteiger partial charge in [0.25, 0.3) is 0 Å². The Bertz CT molecular complexity index is 633. The number of ether oxygens (including phenoxy) is 1. The molecule has 22 heavy (non-hydrogen) atoms. The highest BCUT2D eigenvalue weighted by Gasteiger charge is 2.45. The van der Waals surface area contributed by atoms with Crippen LogP contribution in [0.4, 0.5) is 0 Å². The van der Waals surface area contributed by atoms with Gasteiger partial charge >= 0.3 is 0 Å². The summed E-state index contributed by atoms with van der Waals surface area (Å²) in [5.41, 5.74) is 0.971. The molecule has 120 valence electrons. The van der Waals surface area contributed by atoms with Gasteiger partial charge in [-0.15, -0.1) is 0 Å². The number of hydrogen-bond donors (Lipinski definition) is 0. The van der Waals surface area contributed by atoms with E-state index < -0.39 is 5.41 Å². The van der Waals surface area contributed by atoms with Gasteiger partial charge in [-0.25, -0.2) is 0 Å². The van der Waals surface area contributed by atoms with Crippen LogP contribution in [-0.2, 0) is 6.42 Å². The number of carbonyl (C=O) groups excluding carboxylic acids is 1. The molecule has 0 spiro atoms. The van der Waals surface area contributed by atoms with Crippen LogP contribution in [0.3, 0.4) is 0 Å². The molecular weight excluding hydrogens is 343 g/mol. The lowest BCUT2D eigenvalue weighted by Crippen LogP contribution is -2.27. The maximum absolute atomic E-state index is 13.0. The van der Waals surface area contributed by atoms with E-state index >= 15 is 0 Å². The van der Waals surface area contributed by atoms with E-state index in [0.29, 0.717) is 39.2 Å². The second kappa shape index (κ2) is 6.82. The van der Waals surface area contributed by atoms with Gasteiger partial charge in [0.1, 0.15) is 10.8 Å². The highest BCUT2D eigenvalue weighted by atomic mass is 35.5. The first-order chi connectivity index (χ1) is 10.4. The topological polar surface area (TPSA) is 26.3 Å². The molecule has 0 amide bonds. The monoisotopic (exact) mass is 360 g/mol. The molecule has 0 fully saturated rings. The molecule has 0 heterocycles. The maximum atomic E-state index is 13.0. The predicted octanol–water partition coefficient (Wildman–Crippen LogP) is 6.06. The summed E-state index contributed by atoms with van der Waals surface area (Å²) in [6.45, 7) is 3.89. The standard InChI is InChI=1S/C17H19Cl3O2/c1-4-6-17(7-5-10(2)18)9-11-8-12(22-3)14(19)15(20)13(11)16(17)21/h5,8H,4,6-7,9H2,1-3H3/b10-5+/t17-/m0/s1. The van der Waals surface area contributed by atoms with Gasteiger partial charge in [0, 0.05) is 16.0 Å². The van der Waals surface area contributed by atoms with Gasteiger partial charge in [-0.05, 0) is 37.8 Å². The summed E-state index contributed by atoms with van der Waals surface area (Å²) in [6, 6.07) is 1.83. The molecule has 0 radical (unpaired) electrons. The largest absolute Gasteiger partial charge is 0.495 e. The number of allylic oxidation sites excluding steroid dienone is 2. The van der Waals surface area contributed by atoms with E-state index in [-0.39, 0.29) is 5.78 Å². The minimum absolute atomic E-state index is 0.0630. The molecule has 2 rings (SSSR count). The number of fused-ring (bicyclic) bond motifs is 1. The summed E-state index contributed by atoms with van der Waals surface area (Å²) in [5, 5.41) is 1.29. The molecule has 5 heteroatoms. The van der Waals surface area contributed by atoms with Gasteiger partial charge < -0.3 is 4.74 Å². The zero-order valence-electron chi connectivity index (χ0n) is 12.9. The minimum atomic E-state index is -0.480. The number of halogens is 3. The van der Waals surface area contributed by atoms with E-state index in [4.69, 9.17) is 39.5 Å². The van der Waals surface area contributed by atoms with Crippen molar-refractivity contribution >= 4 is 40.6 Å². The van der Waals surface area contributed by atoms with Crippen LogP contribution in [0.15, 0.2) is 17.2 Å². The van der Waals surface area contributed by atoms with Crippen molar-refractivity contribution < 1.29 is 9.53 Å². The van der Waals surface area contributed by atoms with Crippen molar-refractivity contribution in [2.24, 2.45) is 5.41 Å². The van der Waals surface area contributed by atoms with Gasteiger partial charge in [0.2, 0.25) is 0 Å². The third-order valence-corrected chi connectivity index (χ3v) is 5.22. The zero-order chi connectivity index (χ0) is 16.5. The zero-order valence-corrected chi connectivity index (χ0v) is 15.2. The summed E-state index contributed by atoms with van der Waals surface area (Å²) in [7, 11) is 1.54. The number of rotatable bonds is 5. The Morgan fingerprint density at radius 2 is 2.09 bits per heavy atom. The fourth-order valence-corrected chi connectivity index (χ4v) is 3.78. The third-order valence-electron chi connectivity index (χ3n) is 4.22. The Labute approximate surface area is 146 Å². The van der Waals surface area contributed by atoms with E-state index in [0.717, 1.165) is 18.4 Å². The molecule has 1 aromatic carbocycles. The number of carbonyl (C=O) groups is 1.